The number of benzene rings is 2. The van der Waals surface area contributed by atoms with Crippen molar-refractivity contribution in [2.45, 2.75) is 31.7 Å². The van der Waals surface area contributed by atoms with Crippen LogP contribution in [0.15, 0.2) is 79.1 Å². The van der Waals surface area contributed by atoms with Crippen molar-refractivity contribution >= 4 is 22.8 Å². The van der Waals surface area contributed by atoms with E-state index in [1.807, 2.05) is 42.5 Å². The van der Waals surface area contributed by atoms with Crippen LogP contribution in [0.4, 0.5) is 10.2 Å². The number of aromatic amines is 1. The van der Waals surface area contributed by atoms with Gasteiger partial charge in [0.1, 0.15) is 17.3 Å². The fraction of sp³-hybridized carbons (Fsp3) is 0.250. The number of carboxylic acid groups (broad SMARTS) is 1. The molecule has 2 bridgehead atoms. The van der Waals surface area contributed by atoms with Gasteiger partial charge >= 0.3 is 5.97 Å². The smallest absolute Gasteiger partial charge is 0.308 e. The summed E-state index contributed by atoms with van der Waals surface area (Å²) in [5.74, 6) is -0.246. The SMILES string of the molecule is O=C(O)C1C2CCC(CC2)C1Nc1cc(-c2ccccc2-c2ccccc2)nc(-c2c[nH]c3ncc(F)cc23)n1. The van der Waals surface area contributed by atoms with Gasteiger partial charge in [0, 0.05) is 34.8 Å². The summed E-state index contributed by atoms with van der Waals surface area (Å²) in [6, 6.07) is 21.3. The van der Waals surface area contributed by atoms with Crippen LogP contribution in [0.3, 0.4) is 0 Å². The predicted molar refractivity (Wildman–Crippen MR) is 152 cm³/mol. The Balaban J connectivity index is 1.39. The Bertz CT molecular complexity index is 1710. The highest BCUT2D eigenvalue weighted by atomic mass is 19.1. The number of H-pyrrole nitrogens is 1. The molecule has 3 aromatic heterocycles. The minimum absolute atomic E-state index is 0.169. The molecule has 7 nitrogen and oxygen atoms in total. The number of fused-ring (bicyclic) bond motifs is 4. The van der Waals surface area contributed by atoms with Gasteiger partial charge in [-0.3, -0.25) is 4.79 Å². The van der Waals surface area contributed by atoms with Crippen LogP contribution in [-0.4, -0.2) is 37.1 Å². The molecular formula is C32H28FN5O2. The molecule has 8 heteroatoms. The van der Waals surface area contributed by atoms with E-state index in [2.05, 4.69) is 33.5 Å². The number of aromatic nitrogens is 4. The van der Waals surface area contributed by atoms with Crippen LogP contribution in [0.5, 0.6) is 0 Å². The molecule has 3 heterocycles. The van der Waals surface area contributed by atoms with Crippen molar-refractivity contribution < 1.29 is 14.3 Å². The first-order valence-electron chi connectivity index (χ1n) is 13.7. The largest absolute Gasteiger partial charge is 0.481 e. The second-order valence-electron chi connectivity index (χ2n) is 10.8. The van der Waals surface area contributed by atoms with E-state index in [1.165, 1.54) is 12.3 Å². The third kappa shape index (κ3) is 4.29. The van der Waals surface area contributed by atoms with Gasteiger partial charge in [-0.05, 0) is 54.7 Å². The van der Waals surface area contributed by atoms with E-state index < -0.39 is 17.7 Å². The third-order valence-electron chi connectivity index (χ3n) is 8.57. The molecule has 5 aromatic rings. The van der Waals surface area contributed by atoms with Crippen molar-refractivity contribution in [2.24, 2.45) is 17.8 Å². The van der Waals surface area contributed by atoms with Crippen LogP contribution in [0, 0.1) is 23.6 Å². The molecular weight excluding hydrogens is 505 g/mol. The average molecular weight is 534 g/mol. The molecule has 40 heavy (non-hydrogen) atoms. The Kier molecular flexibility index (Phi) is 6.03. The molecule has 3 N–H and O–H groups in total. The highest BCUT2D eigenvalue weighted by Crippen LogP contribution is 2.46. The maximum Gasteiger partial charge on any atom is 0.308 e. The number of carboxylic acids is 1. The number of hydrogen-bond donors (Lipinski definition) is 3. The van der Waals surface area contributed by atoms with Crippen LogP contribution in [0.2, 0.25) is 0 Å². The van der Waals surface area contributed by atoms with Gasteiger partial charge in [-0.1, -0.05) is 54.6 Å². The number of nitrogens with zero attached hydrogens (tertiary/aromatic N) is 3. The first kappa shape index (κ1) is 24.5. The molecule has 0 aliphatic heterocycles. The fourth-order valence-electron chi connectivity index (χ4n) is 6.70. The zero-order valence-electron chi connectivity index (χ0n) is 21.7. The van der Waals surface area contributed by atoms with Gasteiger partial charge in [0.2, 0.25) is 0 Å². The molecule has 0 spiro atoms. The molecule has 2 unspecified atom stereocenters. The van der Waals surface area contributed by atoms with Crippen LogP contribution in [0.25, 0.3) is 44.8 Å². The predicted octanol–water partition coefficient (Wildman–Crippen LogP) is 6.79. The van der Waals surface area contributed by atoms with E-state index in [0.29, 0.717) is 33.9 Å². The van der Waals surface area contributed by atoms with Crippen molar-refractivity contribution in [1.82, 2.24) is 19.9 Å². The maximum atomic E-state index is 14.2. The summed E-state index contributed by atoms with van der Waals surface area (Å²) in [4.78, 5) is 29.5. The number of pyridine rings is 1. The number of aliphatic carboxylic acids is 1. The Morgan fingerprint density at radius 2 is 1.62 bits per heavy atom. The van der Waals surface area contributed by atoms with Gasteiger partial charge in [-0.25, -0.2) is 19.3 Å². The molecule has 2 aromatic carbocycles. The summed E-state index contributed by atoms with van der Waals surface area (Å²) >= 11 is 0. The summed E-state index contributed by atoms with van der Waals surface area (Å²) in [6.07, 6.45) is 6.86. The Morgan fingerprint density at radius 1 is 0.900 bits per heavy atom. The standard InChI is InChI=1S/C32H28FN5O2/c33-21-14-24-25(17-35-30(24)34-16-21)31-36-26(23-9-5-4-8-22(23)18-6-2-1-3-7-18)15-27(38-31)37-29-20-12-10-19(11-13-20)28(29)32(39)40/h1-9,14-17,19-20,28-29H,10-13H2,(H,34,35)(H,39,40)(H,36,37,38). The van der Waals surface area contributed by atoms with Crippen molar-refractivity contribution in [3.05, 3.63) is 84.9 Å². The van der Waals surface area contributed by atoms with Crippen molar-refractivity contribution in [3.8, 4) is 33.8 Å². The zero-order chi connectivity index (χ0) is 27.2. The Labute approximate surface area is 230 Å². The van der Waals surface area contributed by atoms with E-state index in [0.717, 1.165) is 42.4 Å². The lowest BCUT2D eigenvalue weighted by Gasteiger charge is -2.47. The van der Waals surface area contributed by atoms with Crippen molar-refractivity contribution in [3.63, 3.8) is 0 Å². The van der Waals surface area contributed by atoms with E-state index >= 15 is 0 Å². The van der Waals surface area contributed by atoms with E-state index in [4.69, 9.17) is 9.97 Å². The first-order chi connectivity index (χ1) is 19.5. The van der Waals surface area contributed by atoms with Crippen LogP contribution in [-0.2, 0) is 4.79 Å². The maximum absolute atomic E-state index is 14.2. The lowest BCUT2D eigenvalue weighted by Crippen LogP contribution is -2.51. The fourth-order valence-corrected chi connectivity index (χ4v) is 6.70. The van der Waals surface area contributed by atoms with Crippen molar-refractivity contribution in [1.29, 1.82) is 0 Å². The minimum Gasteiger partial charge on any atom is -0.481 e. The molecule has 0 radical (unpaired) electrons. The molecule has 3 aliphatic carbocycles. The average Bonchev–Trinajstić information content (AvgIpc) is 3.41. The topological polar surface area (TPSA) is 104 Å². The highest BCUT2D eigenvalue weighted by molar-refractivity contribution is 5.92. The number of halogens is 1. The summed E-state index contributed by atoms with van der Waals surface area (Å²) < 4.78 is 14.2. The number of carbonyl (C=O) groups is 1. The first-order valence-corrected chi connectivity index (χ1v) is 13.7. The van der Waals surface area contributed by atoms with Gasteiger partial charge in [0.05, 0.1) is 17.8 Å². The molecule has 0 saturated heterocycles. The minimum atomic E-state index is -0.756. The Hall–Kier alpha value is -4.59. The number of anilines is 1. The number of rotatable bonds is 6. The van der Waals surface area contributed by atoms with E-state index in [1.54, 1.807) is 6.20 Å². The summed E-state index contributed by atoms with van der Waals surface area (Å²) in [7, 11) is 0. The van der Waals surface area contributed by atoms with Gasteiger partial charge in [-0.2, -0.15) is 0 Å². The van der Waals surface area contributed by atoms with Crippen molar-refractivity contribution in [2.75, 3.05) is 5.32 Å². The van der Waals surface area contributed by atoms with E-state index in [9.17, 15) is 14.3 Å². The van der Waals surface area contributed by atoms with Gasteiger partial charge in [-0.15, -0.1) is 0 Å². The quantitative estimate of drug-likeness (QED) is 0.222. The van der Waals surface area contributed by atoms with Gasteiger partial charge < -0.3 is 15.4 Å². The summed E-state index contributed by atoms with van der Waals surface area (Å²) in [5.41, 5.74) is 4.86. The number of hydrogen-bond acceptors (Lipinski definition) is 5. The molecule has 2 atom stereocenters. The molecule has 200 valence electrons. The monoisotopic (exact) mass is 533 g/mol. The second kappa shape index (κ2) is 9.86. The van der Waals surface area contributed by atoms with Crippen LogP contribution in [0.1, 0.15) is 25.7 Å². The molecule has 3 fully saturated rings. The zero-order valence-corrected chi connectivity index (χ0v) is 21.7. The van der Waals surface area contributed by atoms with Gasteiger partial charge in [0.15, 0.2) is 5.82 Å². The number of nitrogens with one attached hydrogen (secondary N) is 2. The van der Waals surface area contributed by atoms with E-state index in [-0.39, 0.29) is 17.9 Å². The molecule has 3 saturated carbocycles. The highest BCUT2D eigenvalue weighted by Gasteiger charge is 2.47. The normalized spacial score (nSPS) is 21.9. The van der Waals surface area contributed by atoms with Crippen LogP contribution >= 0.6 is 0 Å². The van der Waals surface area contributed by atoms with Gasteiger partial charge in [0.25, 0.3) is 0 Å². The third-order valence-corrected chi connectivity index (χ3v) is 8.57. The molecule has 8 rings (SSSR count). The summed E-state index contributed by atoms with van der Waals surface area (Å²) in [6.45, 7) is 0. The summed E-state index contributed by atoms with van der Waals surface area (Å²) in [5, 5.41) is 14.3. The second-order valence-corrected chi connectivity index (χ2v) is 10.8. The molecule has 0 amide bonds. The lowest BCUT2D eigenvalue weighted by atomic mass is 9.61. The van der Waals surface area contributed by atoms with Crippen LogP contribution < -0.4 is 5.32 Å². The Morgan fingerprint density at radius 3 is 2.40 bits per heavy atom. The lowest BCUT2D eigenvalue weighted by molar-refractivity contribution is -0.148. The molecule has 3 aliphatic rings.